The molecule has 5 nitrogen and oxygen atoms in total. The van der Waals surface area contributed by atoms with Gasteiger partial charge in [-0.2, -0.15) is 0 Å². The van der Waals surface area contributed by atoms with Crippen molar-refractivity contribution in [2.45, 2.75) is 32.4 Å². The minimum absolute atomic E-state index is 0.0410. The minimum Gasteiger partial charge on any atom is -0.352 e. The maximum absolute atomic E-state index is 12.7. The summed E-state index contributed by atoms with van der Waals surface area (Å²) in [5, 5.41) is 7.04. The van der Waals surface area contributed by atoms with Crippen molar-refractivity contribution >= 4 is 51.9 Å². The Hall–Kier alpha value is -2.48. The van der Waals surface area contributed by atoms with Crippen LogP contribution in [0.1, 0.15) is 40.2 Å². The smallest absolute Gasteiger partial charge is 0.226 e. The summed E-state index contributed by atoms with van der Waals surface area (Å²) in [6.45, 7) is 4.49. The van der Waals surface area contributed by atoms with Gasteiger partial charge in [0.2, 0.25) is 5.91 Å². The van der Waals surface area contributed by atoms with Crippen LogP contribution in [-0.4, -0.2) is 27.4 Å². The SMILES string of the molecule is Cc1ccc(C)c(NC(=O)CCN2C(=S)N[C@H](c3ccccn3)[C@@H]2c2ccc(Cl)s2)c1. The monoisotopic (exact) mass is 470 g/mol. The van der Waals surface area contributed by atoms with E-state index in [-0.39, 0.29) is 18.0 Å². The van der Waals surface area contributed by atoms with Crippen molar-refractivity contribution in [3.05, 3.63) is 80.8 Å². The van der Waals surface area contributed by atoms with E-state index in [0.717, 1.165) is 31.7 Å². The van der Waals surface area contributed by atoms with E-state index < -0.39 is 0 Å². The summed E-state index contributed by atoms with van der Waals surface area (Å²) in [5.74, 6) is -0.0410. The van der Waals surface area contributed by atoms with Crippen molar-refractivity contribution < 1.29 is 4.79 Å². The highest BCUT2D eigenvalue weighted by Crippen LogP contribution is 2.42. The maximum atomic E-state index is 12.7. The fraction of sp³-hybridized carbons (Fsp3) is 0.261. The van der Waals surface area contributed by atoms with E-state index in [0.29, 0.717) is 18.1 Å². The van der Waals surface area contributed by atoms with Crippen molar-refractivity contribution in [3.63, 3.8) is 0 Å². The molecule has 0 aliphatic carbocycles. The van der Waals surface area contributed by atoms with Crippen LogP contribution in [0.5, 0.6) is 0 Å². The maximum Gasteiger partial charge on any atom is 0.226 e. The summed E-state index contributed by atoms with van der Waals surface area (Å²) < 4.78 is 0.722. The van der Waals surface area contributed by atoms with Crippen molar-refractivity contribution in [2.24, 2.45) is 0 Å². The number of benzene rings is 1. The zero-order valence-corrected chi connectivity index (χ0v) is 19.7. The van der Waals surface area contributed by atoms with Gasteiger partial charge in [-0.1, -0.05) is 29.8 Å². The molecule has 1 aromatic carbocycles. The molecule has 8 heteroatoms. The fourth-order valence-electron chi connectivity index (χ4n) is 3.75. The largest absolute Gasteiger partial charge is 0.352 e. The molecule has 0 bridgehead atoms. The minimum atomic E-state index is -0.106. The summed E-state index contributed by atoms with van der Waals surface area (Å²) in [6, 6.07) is 15.6. The molecule has 2 N–H and O–H groups in total. The Morgan fingerprint density at radius 3 is 2.81 bits per heavy atom. The fourth-order valence-corrected chi connectivity index (χ4v) is 5.29. The quantitative estimate of drug-likeness (QED) is 0.471. The van der Waals surface area contributed by atoms with Crippen molar-refractivity contribution in [1.29, 1.82) is 0 Å². The van der Waals surface area contributed by atoms with E-state index >= 15 is 0 Å². The van der Waals surface area contributed by atoms with E-state index in [1.165, 1.54) is 11.3 Å². The van der Waals surface area contributed by atoms with Crippen molar-refractivity contribution in [1.82, 2.24) is 15.2 Å². The number of aromatic nitrogens is 1. The molecule has 3 heterocycles. The Kier molecular flexibility index (Phi) is 6.55. The standard InChI is InChI=1S/C23H23ClN4OS2/c1-14-6-7-15(2)17(13-14)26-20(29)10-12-28-22(18-8-9-19(24)31-18)21(27-23(28)30)16-5-3-4-11-25-16/h3-9,11,13,21-22H,10,12H2,1-2H3,(H,26,29)(H,27,30)/t21-,22+/m1/s1. The predicted octanol–water partition coefficient (Wildman–Crippen LogP) is 5.41. The number of thiophene rings is 1. The second kappa shape index (κ2) is 9.34. The molecule has 1 saturated heterocycles. The number of nitrogens with zero attached hydrogens (tertiary/aromatic N) is 2. The Bertz CT molecular complexity index is 1100. The van der Waals surface area contributed by atoms with Gasteiger partial charge < -0.3 is 15.5 Å². The highest BCUT2D eigenvalue weighted by molar-refractivity contribution is 7.80. The molecule has 0 spiro atoms. The van der Waals surface area contributed by atoms with E-state index in [1.807, 2.05) is 62.4 Å². The molecule has 31 heavy (non-hydrogen) atoms. The van der Waals surface area contributed by atoms with Crippen LogP contribution in [0, 0.1) is 13.8 Å². The molecule has 160 valence electrons. The average molecular weight is 471 g/mol. The second-order valence-corrected chi connectivity index (χ2v) is 9.71. The van der Waals surface area contributed by atoms with Crippen LogP contribution in [0.4, 0.5) is 5.69 Å². The van der Waals surface area contributed by atoms with E-state index in [4.69, 9.17) is 23.8 Å². The Morgan fingerprint density at radius 2 is 2.10 bits per heavy atom. The normalized spacial score (nSPS) is 18.2. The Balaban J connectivity index is 1.52. The molecule has 0 saturated carbocycles. The molecule has 1 aliphatic rings. The summed E-state index contributed by atoms with van der Waals surface area (Å²) in [6.07, 6.45) is 2.10. The summed E-state index contributed by atoms with van der Waals surface area (Å²) in [7, 11) is 0. The van der Waals surface area contributed by atoms with E-state index in [2.05, 4.69) is 20.5 Å². The van der Waals surface area contributed by atoms with Crippen LogP contribution < -0.4 is 10.6 Å². The van der Waals surface area contributed by atoms with Crippen LogP contribution in [0.3, 0.4) is 0 Å². The molecule has 3 aromatic rings. The average Bonchev–Trinajstić information content (AvgIpc) is 3.32. The summed E-state index contributed by atoms with van der Waals surface area (Å²) >= 11 is 13.4. The lowest BCUT2D eigenvalue weighted by Crippen LogP contribution is -2.32. The third-order valence-electron chi connectivity index (χ3n) is 5.33. The van der Waals surface area contributed by atoms with Crippen LogP contribution >= 0.6 is 35.2 Å². The first-order valence-electron chi connectivity index (χ1n) is 10.0. The van der Waals surface area contributed by atoms with Gasteiger partial charge in [0, 0.05) is 29.7 Å². The van der Waals surface area contributed by atoms with Gasteiger partial charge in [-0.15, -0.1) is 11.3 Å². The van der Waals surface area contributed by atoms with Crippen molar-refractivity contribution in [2.75, 3.05) is 11.9 Å². The topological polar surface area (TPSA) is 57.3 Å². The number of rotatable bonds is 6. The lowest BCUT2D eigenvalue weighted by Gasteiger charge is -2.26. The predicted molar refractivity (Wildman–Crippen MR) is 131 cm³/mol. The molecule has 1 aliphatic heterocycles. The third kappa shape index (κ3) is 4.89. The van der Waals surface area contributed by atoms with Gasteiger partial charge >= 0.3 is 0 Å². The van der Waals surface area contributed by atoms with Gasteiger partial charge in [-0.05, 0) is 67.5 Å². The molecule has 2 aromatic heterocycles. The van der Waals surface area contributed by atoms with E-state index in [1.54, 1.807) is 6.20 Å². The number of aryl methyl sites for hydroxylation is 2. The molecule has 1 fully saturated rings. The number of carbonyl (C=O) groups is 1. The number of pyridine rings is 1. The lowest BCUT2D eigenvalue weighted by atomic mass is 10.0. The number of carbonyl (C=O) groups excluding carboxylic acids is 1. The highest BCUT2D eigenvalue weighted by Gasteiger charge is 2.40. The number of nitrogens with one attached hydrogen (secondary N) is 2. The lowest BCUT2D eigenvalue weighted by molar-refractivity contribution is -0.116. The zero-order valence-electron chi connectivity index (χ0n) is 17.3. The number of hydrogen-bond donors (Lipinski definition) is 2. The molecule has 4 rings (SSSR count). The van der Waals surface area contributed by atoms with E-state index in [9.17, 15) is 4.79 Å². The first-order valence-corrected chi connectivity index (χ1v) is 11.6. The Morgan fingerprint density at radius 1 is 1.26 bits per heavy atom. The molecular weight excluding hydrogens is 448 g/mol. The zero-order chi connectivity index (χ0) is 22.0. The van der Waals surface area contributed by atoms with Gasteiger partial charge in [0.1, 0.15) is 0 Å². The molecule has 0 radical (unpaired) electrons. The number of anilines is 1. The van der Waals surface area contributed by atoms with Crippen LogP contribution in [-0.2, 0) is 4.79 Å². The Labute approximate surface area is 196 Å². The van der Waals surface area contributed by atoms with Crippen molar-refractivity contribution in [3.8, 4) is 0 Å². The van der Waals surface area contributed by atoms with Gasteiger partial charge in [-0.3, -0.25) is 9.78 Å². The highest BCUT2D eigenvalue weighted by atomic mass is 35.5. The van der Waals surface area contributed by atoms with Gasteiger partial charge in [-0.25, -0.2) is 0 Å². The van der Waals surface area contributed by atoms with Crippen LogP contribution in [0.15, 0.2) is 54.7 Å². The first-order chi connectivity index (χ1) is 14.9. The summed E-state index contributed by atoms with van der Waals surface area (Å²) in [4.78, 5) is 20.4. The number of amides is 1. The molecule has 1 amide bonds. The summed E-state index contributed by atoms with van der Waals surface area (Å²) in [5.41, 5.74) is 3.90. The molecule has 0 unspecified atom stereocenters. The molecular formula is C23H23ClN4OS2. The number of thiocarbonyl (C=S) groups is 1. The number of halogens is 1. The van der Waals surface area contributed by atoms with Crippen LogP contribution in [0.2, 0.25) is 4.34 Å². The third-order valence-corrected chi connectivity index (χ3v) is 6.98. The van der Waals surface area contributed by atoms with Gasteiger partial charge in [0.05, 0.1) is 22.1 Å². The van der Waals surface area contributed by atoms with Gasteiger partial charge in [0.25, 0.3) is 0 Å². The van der Waals surface area contributed by atoms with Crippen LogP contribution in [0.25, 0.3) is 0 Å². The second-order valence-electron chi connectivity index (χ2n) is 7.58. The number of hydrogen-bond acceptors (Lipinski definition) is 4. The first kappa shape index (κ1) is 21.7. The van der Waals surface area contributed by atoms with Gasteiger partial charge in [0.15, 0.2) is 5.11 Å². The molecule has 2 atom stereocenters.